The number of nitrogens with zero attached hydrogens (tertiary/aromatic N) is 3. The van der Waals surface area contributed by atoms with E-state index in [1.165, 1.54) is 11.3 Å². The number of rotatable bonds is 10. The number of hydrogen-bond donors (Lipinski definition) is 3. The topological polar surface area (TPSA) is 83.7 Å². The second-order valence-corrected chi connectivity index (χ2v) is 7.53. The number of aliphatic hydroxyl groups is 1. The summed E-state index contributed by atoms with van der Waals surface area (Å²) >= 11 is 0. The van der Waals surface area contributed by atoms with Crippen molar-refractivity contribution in [1.82, 2.24) is 20.4 Å². The summed E-state index contributed by atoms with van der Waals surface area (Å²) in [5.74, 6) is 1.44. The third kappa shape index (κ3) is 7.99. The van der Waals surface area contributed by atoms with Crippen LogP contribution in [0.25, 0.3) is 0 Å². The van der Waals surface area contributed by atoms with Gasteiger partial charge in [-0.2, -0.15) is 5.10 Å². The maximum atomic E-state index is 10.6. The van der Waals surface area contributed by atoms with E-state index < -0.39 is 6.10 Å². The summed E-state index contributed by atoms with van der Waals surface area (Å²) < 4.78 is 7.69. The highest BCUT2D eigenvalue weighted by Crippen LogP contribution is 2.20. The monoisotopic (exact) mass is 543 g/mol. The van der Waals surface area contributed by atoms with Gasteiger partial charge >= 0.3 is 0 Å². The van der Waals surface area contributed by atoms with E-state index in [1.54, 1.807) is 0 Å². The van der Waals surface area contributed by atoms with Crippen molar-refractivity contribution in [2.45, 2.75) is 66.2 Å². The van der Waals surface area contributed by atoms with Gasteiger partial charge in [0.05, 0.1) is 24.4 Å². The molecule has 174 valence electrons. The molecule has 0 saturated heterocycles. The largest absolute Gasteiger partial charge is 0.491 e. The van der Waals surface area contributed by atoms with Crippen LogP contribution in [0.5, 0.6) is 5.75 Å². The van der Waals surface area contributed by atoms with E-state index in [4.69, 9.17) is 9.73 Å². The maximum absolute atomic E-state index is 10.6. The minimum absolute atomic E-state index is 0. The molecular formula is C23H38IN5O2. The lowest BCUT2D eigenvalue weighted by Crippen LogP contribution is -2.39. The van der Waals surface area contributed by atoms with Crippen LogP contribution in [0, 0.1) is 0 Å². The van der Waals surface area contributed by atoms with Gasteiger partial charge in [0.1, 0.15) is 5.75 Å². The molecule has 1 aromatic carbocycles. The van der Waals surface area contributed by atoms with Crippen LogP contribution >= 0.6 is 24.0 Å². The van der Waals surface area contributed by atoms with Gasteiger partial charge in [0.25, 0.3) is 0 Å². The van der Waals surface area contributed by atoms with Crippen molar-refractivity contribution >= 4 is 29.9 Å². The molecule has 0 saturated carbocycles. The van der Waals surface area contributed by atoms with Crippen molar-refractivity contribution < 1.29 is 9.84 Å². The number of aliphatic hydroxyl groups excluding tert-OH is 1. The number of hydrogen-bond acceptors (Lipinski definition) is 4. The quantitative estimate of drug-likeness (QED) is 0.242. The second-order valence-electron chi connectivity index (χ2n) is 7.53. The van der Waals surface area contributed by atoms with E-state index in [9.17, 15) is 5.11 Å². The number of halogens is 1. The Kier molecular flexibility index (Phi) is 11.9. The fraction of sp³-hybridized carbons (Fsp3) is 0.565. The lowest BCUT2D eigenvalue weighted by atomic mass is 10.1. The van der Waals surface area contributed by atoms with E-state index in [0.717, 1.165) is 36.4 Å². The predicted octanol–water partition coefficient (Wildman–Crippen LogP) is 3.74. The third-order valence-corrected chi connectivity index (χ3v) is 4.84. The average molecular weight is 543 g/mol. The van der Waals surface area contributed by atoms with Gasteiger partial charge in [-0.25, -0.2) is 4.99 Å². The molecule has 0 aliphatic carbocycles. The van der Waals surface area contributed by atoms with Crippen LogP contribution < -0.4 is 15.4 Å². The first kappa shape index (κ1) is 27.2. The SMILES string of the molecule is CCNC(=NCc1c(CC)nn(C)c1CC)NCC(O)c1cccc(OC(C)C)c1.I. The normalized spacial score (nSPS) is 12.5. The van der Waals surface area contributed by atoms with Crippen LogP contribution in [0.2, 0.25) is 0 Å². The molecule has 1 aromatic heterocycles. The third-order valence-electron chi connectivity index (χ3n) is 4.84. The standard InChI is InChI=1S/C23H37N5O2.HI/c1-7-20-19(21(8-2)28(6)27-20)14-25-23(24-9-3)26-15-22(29)17-11-10-12-18(13-17)30-16(4)5;/h10-13,16,22,29H,7-9,14-15H2,1-6H3,(H2,24,25,26);1H. The van der Waals surface area contributed by atoms with Crippen LogP contribution in [0.15, 0.2) is 29.3 Å². The number of nitrogens with one attached hydrogen (secondary N) is 2. The molecule has 3 N–H and O–H groups in total. The van der Waals surface area contributed by atoms with Crippen LogP contribution in [0.3, 0.4) is 0 Å². The zero-order chi connectivity index (χ0) is 22.1. The fourth-order valence-electron chi connectivity index (χ4n) is 3.45. The number of ether oxygens (including phenoxy) is 1. The van der Waals surface area contributed by atoms with Crippen molar-refractivity contribution in [1.29, 1.82) is 0 Å². The van der Waals surface area contributed by atoms with Crippen LogP contribution in [0.1, 0.15) is 63.2 Å². The van der Waals surface area contributed by atoms with Crippen molar-refractivity contribution in [3.05, 3.63) is 46.8 Å². The maximum Gasteiger partial charge on any atom is 0.191 e. The van der Waals surface area contributed by atoms with Crippen LogP contribution in [-0.4, -0.2) is 40.0 Å². The van der Waals surface area contributed by atoms with E-state index in [1.807, 2.05) is 56.8 Å². The summed E-state index contributed by atoms with van der Waals surface area (Å²) in [4.78, 5) is 4.74. The average Bonchev–Trinajstić information content (AvgIpc) is 3.03. The van der Waals surface area contributed by atoms with Gasteiger partial charge in [-0.05, 0) is 51.3 Å². The van der Waals surface area contributed by atoms with Crippen molar-refractivity contribution in [3.63, 3.8) is 0 Å². The van der Waals surface area contributed by atoms with Gasteiger partial charge in [0.2, 0.25) is 0 Å². The summed E-state index contributed by atoms with van der Waals surface area (Å²) in [5.41, 5.74) is 4.31. The Morgan fingerprint density at radius 2 is 1.94 bits per heavy atom. The van der Waals surface area contributed by atoms with Crippen molar-refractivity contribution in [2.24, 2.45) is 12.0 Å². The first-order valence-electron chi connectivity index (χ1n) is 10.9. The lowest BCUT2D eigenvalue weighted by molar-refractivity contribution is 0.179. The van der Waals surface area contributed by atoms with E-state index in [0.29, 0.717) is 19.0 Å². The number of guanidine groups is 1. The Morgan fingerprint density at radius 3 is 2.55 bits per heavy atom. The molecule has 31 heavy (non-hydrogen) atoms. The summed E-state index contributed by atoms with van der Waals surface area (Å²) in [6.07, 6.45) is 1.24. The Bertz CT molecular complexity index is 835. The Labute approximate surface area is 203 Å². The van der Waals surface area contributed by atoms with Gasteiger partial charge in [0, 0.05) is 31.4 Å². The van der Waals surface area contributed by atoms with Crippen LogP contribution in [-0.2, 0) is 26.4 Å². The second kappa shape index (κ2) is 13.6. The number of aromatic nitrogens is 2. The van der Waals surface area contributed by atoms with Crippen molar-refractivity contribution in [3.8, 4) is 5.75 Å². The highest BCUT2D eigenvalue weighted by molar-refractivity contribution is 14.0. The molecule has 0 spiro atoms. The molecule has 0 aliphatic heterocycles. The molecule has 8 heteroatoms. The molecule has 0 amide bonds. The molecule has 2 aromatic rings. The highest BCUT2D eigenvalue weighted by atomic mass is 127. The Hall–Kier alpha value is -1.81. The van der Waals surface area contributed by atoms with Gasteiger partial charge in [-0.15, -0.1) is 24.0 Å². The molecule has 0 fully saturated rings. The number of aliphatic imine (C=N–C) groups is 1. The van der Waals surface area contributed by atoms with Gasteiger partial charge in [0.15, 0.2) is 5.96 Å². The molecule has 1 atom stereocenters. The minimum atomic E-state index is -0.666. The minimum Gasteiger partial charge on any atom is -0.491 e. The van der Waals surface area contributed by atoms with E-state index in [2.05, 4.69) is 29.6 Å². The fourth-order valence-corrected chi connectivity index (χ4v) is 3.45. The zero-order valence-corrected chi connectivity index (χ0v) is 21.9. The lowest BCUT2D eigenvalue weighted by Gasteiger charge is -2.17. The van der Waals surface area contributed by atoms with Crippen LogP contribution in [0.4, 0.5) is 0 Å². The summed E-state index contributed by atoms with van der Waals surface area (Å²) in [6.45, 7) is 11.9. The number of aryl methyl sites for hydroxylation is 2. The predicted molar refractivity (Wildman–Crippen MR) is 137 cm³/mol. The first-order valence-corrected chi connectivity index (χ1v) is 10.9. The Balaban J connectivity index is 0.00000480. The van der Waals surface area contributed by atoms with Gasteiger partial charge < -0.3 is 20.5 Å². The molecule has 1 unspecified atom stereocenters. The van der Waals surface area contributed by atoms with Gasteiger partial charge in [-0.3, -0.25) is 4.68 Å². The van der Waals surface area contributed by atoms with Gasteiger partial charge in [-0.1, -0.05) is 26.0 Å². The molecule has 0 bridgehead atoms. The molecule has 0 aliphatic rings. The number of benzene rings is 1. The molecule has 0 radical (unpaired) electrons. The van der Waals surface area contributed by atoms with E-state index in [-0.39, 0.29) is 30.1 Å². The summed E-state index contributed by atoms with van der Waals surface area (Å²) in [7, 11) is 1.99. The molecule has 7 nitrogen and oxygen atoms in total. The highest BCUT2D eigenvalue weighted by Gasteiger charge is 2.14. The molecule has 2 rings (SSSR count). The van der Waals surface area contributed by atoms with E-state index >= 15 is 0 Å². The smallest absolute Gasteiger partial charge is 0.191 e. The van der Waals surface area contributed by atoms with Crippen molar-refractivity contribution in [2.75, 3.05) is 13.1 Å². The first-order chi connectivity index (χ1) is 14.4. The molecular weight excluding hydrogens is 505 g/mol. The summed E-state index contributed by atoms with van der Waals surface area (Å²) in [6, 6.07) is 7.59. The Morgan fingerprint density at radius 1 is 1.19 bits per heavy atom. The zero-order valence-electron chi connectivity index (χ0n) is 19.6. The summed E-state index contributed by atoms with van der Waals surface area (Å²) in [5, 5.41) is 21.8. The molecule has 1 heterocycles.